The first-order valence-electron chi connectivity index (χ1n) is 8.86. The third-order valence-corrected chi connectivity index (χ3v) is 5.04. The number of amides is 1. The maximum Gasteiger partial charge on any atom is 0.341 e. The number of nitrogens with zero attached hydrogens (tertiary/aromatic N) is 1. The van der Waals surface area contributed by atoms with Gasteiger partial charge in [-0.1, -0.05) is 12.8 Å². The summed E-state index contributed by atoms with van der Waals surface area (Å²) >= 11 is 0. The number of hydrogen-bond acceptors (Lipinski definition) is 4. The molecule has 2 atom stereocenters. The van der Waals surface area contributed by atoms with Gasteiger partial charge >= 0.3 is 5.97 Å². The monoisotopic (exact) mass is 347 g/mol. The summed E-state index contributed by atoms with van der Waals surface area (Å²) in [5, 5.41) is 8.78. The second kappa shape index (κ2) is 7.44. The van der Waals surface area contributed by atoms with E-state index in [2.05, 4.69) is 0 Å². The molecule has 0 aromatic heterocycles. The molecule has 25 heavy (non-hydrogen) atoms. The molecular formula is C19H25NO5. The Hall–Kier alpha value is -2.08. The summed E-state index contributed by atoms with van der Waals surface area (Å²) in [5.41, 5.74) is 2.18. The number of aliphatic carboxylic acids is 1. The Morgan fingerprint density at radius 1 is 1.24 bits per heavy atom. The summed E-state index contributed by atoms with van der Waals surface area (Å²) in [4.78, 5) is 25.7. The van der Waals surface area contributed by atoms with Gasteiger partial charge in [-0.25, -0.2) is 4.79 Å². The van der Waals surface area contributed by atoms with Crippen LogP contribution in [0.25, 0.3) is 0 Å². The first-order chi connectivity index (χ1) is 12.0. The van der Waals surface area contributed by atoms with Crippen LogP contribution in [-0.2, 0) is 9.53 Å². The average molecular weight is 347 g/mol. The molecule has 1 heterocycles. The molecule has 6 heteroatoms. The lowest BCUT2D eigenvalue weighted by Crippen LogP contribution is -2.54. The molecule has 1 N–H and O–H groups in total. The van der Waals surface area contributed by atoms with Gasteiger partial charge in [-0.2, -0.15) is 0 Å². The third kappa shape index (κ3) is 3.79. The van der Waals surface area contributed by atoms with E-state index in [1.54, 1.807) is 12.1 Å². The Morgan fingerprint density at radius 3 is 2.60 bits per heavy atom. The highest BCUT2D eigenvalue weighted by atomic mass is 16.5. The summed E-state index contributed by atoms with van der Waals surface area (Å²) in [6.45, 7) is 4.50. The van der Waals surface area contributed by atoms with Crippen molar-refractivity contribution in [3.63, 3.8) is 0 Å². The first kappa shape index (κ1) is 17.7. The number of carboxylic acids is 1. The number of carbonyl (C=O) groups is 2. The fourth-order valence-electron chi connectivity index (χ4n) is 3.95. The van der Waals surface area contributed by atoms with E-state index < -0.39 is 5.97 Å². The van der Waals surface area contributed by atoms with Crippen LogP contribution in [0.1, 0.15) is 47.2 Å². The molecule has 1 amide bonds. The Kier molecular flexibility index (Phi) is 5.27. The second-order valence-corrected chi connectivity index (χ2v) is 6.88. The van der Waals surface area contributed by atoms with Gasteiger partial charge in [0.2, 0.25) is 0 Å². The number of hydrogen-bond donors (Lipinski definition) is 1. The van der Waals surface area contributed by atoms with Crippen LogP contribution in [0.2, 0.25) is 0 Å². The maximum absolute atomic E-state index is 13.1. The first-order valence-corrected chi connectivity index (χ1v) is 8.86. The molecule has 0 spiro atoms. The highest BCUT2D eigenvalue weighted by Crippen LogP contribution is 2.31. The van der Waals surface area contributed by atoms with E-state index in [1.807, 2.05) is 18.7 Å². The Bertz CT molecular complexity index is 647. The molecule has 2 aliphatic rings. The summed E-state index contributed by atoms with van der Waals surface area (Å²) < 4.78 is 11.2. The molecule has 0 unspecified atom stereocenters. The van der Waals surface area contributed by atoms with Crippen molar-refractivity contribution < 1.29 is 24.2 Å². The van der Waals surface area contributed by atoms with Crippen LogP contribution in [0.4, 0.5) is 0 Å². The number of ether oxygens (including phenoxy) is 2. The molecule has 136 valence electrons. The highest BCUT2D eigenvalue weighted by molar-refractivity contribution is 5.95. The van der Waals surface area contributed by atoms with Gasteiger partial charge in [0, 0.05) is 12.1 Å². The molecule has 1 aliphatic heterocycles. The van der Waals surface area contributed by atoms with E-state index in [9.17, 15) is 9.59 Å². The molecule has 1 saturated carbocycles. The minimum Gasteiger partial charge on any atom is -0.481 e. The zero-order valence-corrected chi connectivity index (χ0v) is 14.8. The van der Waals surface area contributed by atoms with Crippen molar-refractivity contribution in [2.24, 2.45) is 0 Å². The number of benzene rings is 1. The molecule has 3 rings (SSSR count). The Balaban J connectivity index is 1.80. The average Bonchev–Trinajstić information content (AvgIpc) is 2.59. The fraction of sp³-hybridized carbons (Fsp3) is 0.579. The van der Waals surface area contributed by atoms with E-state index >= 15 is 0 Å². The van der Waals surface area contributed by atoms with E-state index in [0.717, 1.165) is 36.8 Å². The molecule has 0 bridgehead atoms. The van der Waals surface area contributed by atoms with Gasteiger partial charge in [-0.15, -0.1) is 0 Å². The van der Waals surface area contributed by atoms with E-state index in [4.69, 9.17) is 14.6 Å². The summed E-state index contributed by atoms with van der Waals surface area (Å²) in [7, 11) is 0. The van der Waals surface area contributed by atoms with Gasteiger partial charge in [-0.05, 0) is 49.9 Å². The van der Waals surface area contributed by atoms with Crippen LogP contribution < -0.4 is 4.74 Å². The van der Waals surface area contributed by atoms with Crippen molar-refractivity contribution in [2.75, 3.05) is 19.8 Å². The zero-order valence-electron chi connectivity index (χ0n) is 14.8. The molecule has 0 radical (unpaired) electrons. The van der Waals surface area contributed by atoms with Crippen LogP contribution in [-0.4, -0.2) is 53.8 Å². The summed E-state index contributed by atoms with van der Waals surface area (Å²) in [6, 6.07) is 3.75. The van der Waals surface area contributed by atoms with Crippen molar-refractivity contribution in [1.82, 2.24) is 4.90 Å². The van der Waals surface area contributed by atoms with Crippen molar-refractivity contribution in [1.29, 1.82) is 0 Å². The Morgan fingerprint density at radius 2 is 1.92 bits per heavy atom. The standard InChI is InChI=1S/C19H25NO5/c1-12-9-14(10-13(2)18(12)25-11-17(21)22)19(23)20-7-8-24-16-6-4-3-5-15(16)20/h9-10,15-16H,3-8,11H2,1-2H3,(H,21,22)/t15-,16+/m0/s1. The van der Waals surface area contributed by atoms with E-state index in [-0.39, 0.29) is 24.7 Å². The molecule has 1 aromatic rings. The molecule has 1 aromatic carbocycles. The number of rotatable bonds is 4. The highest BCUT2D eigenvalue weighted by Gasteiger charge is 2.37. The van der Waals surface area contributed by atoms with E-state index in [0.29, 0.717) is 24.5 Å². The minimum atomic E-state index is -1.02. The summed E-state index contributed by atoms with van der Waals surface area (Å²) in [5.74, 6) is -0.455. The number of carbonyl (C=O) groups excluding carboxylic acids is 1. The zero-order chi connectivity index (χ0) is 18.0. The molecule has 1 saturated heterocycles. The van der Waals surface area contributed by atoms with Crippen LogP contribution in [0.3, 0.4) is 0 Å². The quantitative estimate of drug-likeness (QED) is 0.906. The van der Waals surface area contributed by atoms with Crippen LogP contribution >= 0.6 is 0 Å². The largest absolute Gasteiger partial charge is 0.481 e. The lowest BCUT2D eigenvalue weighted by Gasteiger charge is -2.43. The van der Waals surface area contributed by atoms with Gasteiger partial charge in [-0.3, -0.25) is 4.79 Å². The lowest BCUT2D eigenvalue weighted by atomic mass is 9.89. The SMILES string of the molecule is Cc1cc(C(=O)N2CCO[C@@H]3CCCC[C@@H]32)cc(C)c1OCC(=O)O. The molecule has 6 nitrogen and oxygen atoms in total. The number of carboxylic acid groups (broad SMARTS) is 1. The van der Waals surface area contributed by atoms with Gasteiger partial charge in [0.1, 0.15) is 5.75 Å². The van der Waals surface area contributed by atoms with Crippen molar-refractivity contribution in [3.8, 4) is 5.75 Å². The van der Waals surface area contributed by atoms with Gasteiger partial charge in [0.25, 0.3) is 5.91 Å². The smallest absolute Gasteiger partial charge is 0.341 e. The number of aryl methyl sites for hydroxylation is 2. The minimum absolute atomic E-state index is 0.0242. The summed E-state index contributed by atoms with van der Waals surface area (Å²) in [6.07, 6.45) is 4.47. The molecular weight excluding hydrogens is 322 g/mol. The number of morpholine rings is 1. The predicted molar refractivity (Wildman–Crippen MR) is 92.1 cm³/mol. The molecule has 2 fully saturated rings. The second-order valence-electron chi connectivity index (χ2n) is 6.88. The van der Waals surface area contributed by atoms with Crippen molar-refractivity contribution in [3.05, 3.63) is 28.8 Å². The van der Waals surface area contributed by atoms with Gasteiger partial charge in [0.05, 0.1) is 18.8 Å². The van der Waals surface area contributed by atoms with Crippen LogP contribution in [0.5, 0.6) is 5.75 Å². The van der Waals surface area contributed by atoms with Crippen molar-refractivity contribution in [2.45, 2.75) is 51.7 Å². The Labute approximate surface area is 147 Å². The third-order valence-electron chi connectivity index (χ3n) is 5.04. The van der Waals surface area contributed by atoms with Gasteiger partial charge in [0.15, 0.2) is 6.61 Å². The number of fused-ring (bicyclic) bond motifs is 1. The van der Waals surface area contributed by atoms with Crippen molar-refractivity contribution >= 4 is 11.9 Å². The topological polar surface area (TPSA) is 76.1 Å². The molecule has 1 aliphatic carbocycles. The fourth-order valence-corrected chi connectivity index (χ4v) is 3.95. The van der Waals surface area contributed by atoms with Crippen LogP contribution in [0, 0.1) is 13.8 Å². The predicted octanol–water partition coefficient (Wildman–Crippen LogP) is 2.55. The van der Waals surface area contributed by atoms with E-state index in [1.165, 1.54) is 0 Å². The normalized spacial score (nSPS) is 23.0. The van der Waals surface area contributed by atoms with Crippen LogP contribution in [0.15, 0.2) is 12.1 Å². The lowest BCUT2D eigenvalue weighted by molar-refractivity contribution is -0.139. The maximum atomic E-state index is 13.1. The van der Waals surface area contributed by atoms with Gasteiger partial charge < -0.3 is 19.5 Å².